The number of pyridine rings is 1. The average Bonchev–Trinajstić information content (AvgIpc) is 3.17. The van der Waals surface area contributed by atoms with E-state index in [-0.39, 0.29) is 11.6 Å². The van der Waals surface area contributed by atoms with Crippen molar-refractivity contribution < 1.29 is 9.59 Å². The van der Waals surface area contributed by atoms with Crippen molar-refractivity contribution in [1.82, 2.24) is 20.0 Å². The molecule has 0 unspecified atom stereocenters. The Hall–Kier alpha value is -3.85. The van der Waals surface area contributed by atoms with E-state index in [1.54, 1.807) is 54.2 Å². The predicted molar refractivity (Wildman–Crippen MR) is 125 cm³/mol. The number of hydrogen-bond acceptors (Lipinski definition) is 5. The van der Waals surface area contributed by atoms with E-state index in [0.29, 0.717) is 22.8 Å². The van der Waals surface area contributed by atoms with Gasteiger partial charge in [0.25, 0.3) is 11.8 Å². The Morgan fingerprint density at radius 3 is 2.50 bits per heavy atom. The van der Waals surface area contributed by atoms with E-state index in [2.05, 4.69) is 41.9 Å². The molecule has 8 nitrogen and oxygen atoms in total. The maximum Gasteiger partial charge on any atom is 0.278 e. The monoisotopic (exact) mass is 490 g/mol. The molecule has 9 heteroatoms. The number of anilines is 2. The Morgan fingerprint density at radius 1 is 0.938 bits per heavy atom. The number of amides is 2. The second-order valence-electron chi connectivity index (χ2n) is 7.12. The highest BCUT2D eigenvalue weighted by Gasteiger charge is 2.18. The summed E-state index contributed by atoms with van der Waals surface area (Å²) in [6.07, 6.45) is 1.60. The highest BCUT2D eigenvalue weighted by molar-refractivity contribution is 9.10. The molecular formula is C23H19BrN6O2. The minimum Gasteiger partial charge on any atom is -0.321 e. The van der Waals surface area contributed by atoms with Crippen molar-refractivity contribution in [2.45, 2.75) is 13.8 Å². The zero-order chi connectivity index (χ0) is 22.7. The van der Waals surface area contributed by atoms with Crippen LogP contribution in [0, 0.1) is 13.8 Å². The van der Waals surface area contributed by atoms with Gasteiger partial charge in [-0.05, 0) is 77.8 Å². The van der Waals surface area contributed by atoms with Crippen LogP contribution in [0.25, 0.3) is 5.69 Å². The van der Waals surface area contributed by atoms with Gasteiger partial charge >= 0.3 is 0 Å². The van der Waals surface area contributed by atoms with Crippen LogP contribution in [-0.2, 0) is 0 Å². The second kappa shape index (κ2) is 9.11. The fourth-order valence-electron chi connectivity index (χ4n) is 3.11. The van der Waals surface area contributed by atoms with Crippen LogP contribution in [0.2, 0.25) is 0 Å². The van der Waals surface area contributed by atoms with Gasteiger partial charge in [0, 0.05) is 21.9 Å². The Kier molecular flexibility index (Phi) is 6.09. The van der Waals surface area contributed by atoms with Crippen molar-refractivity contribution in [3.8, 4) is 5.69 Å². The standard InChI is InChI=1S/C23H19BrN6O2/c1-14-5-3-8-19(11-14)30-15(2)21(28-29-30)23(32)26-18-7-4-6-16(12-18)22(31)27-20-10-9-17(24)13-25-20/h3-13H,1-2H3,(H,26,32)(H,25,27,31). The van der Waals surface area contributed by atoms with Crippen molar-refractivity contribution in [3.05, 3.63) is 93.8 Å². The van der Waals surface area contributed by atoms with Gasteiger partial charge in [-0.15, -0.1) is 5.10 Å². The van der Waals surface area contributed by atoms with Crippen LogP contribution in [0.5, 0.6) is 0 Å². The highest BCUT2D eigenvalue weighted by Crippen LogP contribution is 2.17. The molecule has 0 fully saturated rings. The lowest BCUT2D eigenvalue weighted by Gasteiger charge is -2.08. The molecule has 4 rings (SSSR count). The van der Waals surface area contributed by atoms with Gasteiger partial charge in [-0.25, -0.2) is 9.67 Å². The van der Waals surface area contributed by atoms with Crippen molar-refractivity contribution in [3.63, 3.8) is 0 Å². The van der Waals surface area contributed by atoms with Gasteiger partial charge in [0.05, 0.1) is 11.4 Å². The Labute approximate surface area is 192 Å². The minimum absolute atomic E-state index is 0.209. The lowest BCUT2D eigenvalue weighted by Crippen LogP contribution is -2.16. The number of rotatable bonds is 5. The van der Waals surface area contributed by atoms with Gasteiger partial charge in [-0.3, -0.25) is 9.59 Å². The molecule has 0 saturated carbocycles. The molecule has 0 aliphatic rings. The summed E-state index contributed by atoms with van der Waals surface area (Å²) in [7, 11) is 0. The normalized spacial score (nSPS) is 10.6. The fraction of sp³-hybridized carbons (Fsp3) is 0.0870. The molecule has 2 N–H and O–H groups in total. The topological polar surface area (TPSA) is 102 Å². The molecule has 4 aromatic rings. The zero-order valence-electron chi connectivity index (χ0n) is 17.3. The van der Waals surface area contributed by atoms with Crippen LogP contribution in [0.3, 0.4) is 0 Å². The number of benzene rings is 2. The third-order valence-electron chi connectivity index (χ3n) is 4.71. The maximum atomic E-state index is 12.8. The molecule has 2 amide bonds. The number of carbonyl (C=O) groups is 2. The van der Waals surface area contributed by atoms with Crippen molar-refractivity contribution in [2.75, 3.05) is 10.6 Å². The number of aromatic nitrogens is 4. The predicted octanol–water partition coefficient (Wildman–Crippen LogP) is 4.55. The summed E-state index contributed by atoms with van der Waals surface area (Å²) in [5, 5.41) is 13.7. The summed E-state index contributed by atoms with van der Waals surface area (Å²) in [4.78, 5) is 29.5. The molecule has 2 aromatic carbocycles. The number of nitrogens with one attached hydrogen (secondary N) is 2. The lowest BCUT2D eigenvalue weighted by atomic mass is 10.2. The summed E-state index contributed by atoms with van der Waals surface area (Å²) in [6.45, 7) is 3.77. The Bertz CT molecular complexity index is 1300. The zero-order valence-corrected chi connectivity index (χ0v) is 18.9. The van der Waals surface area contributed by atoms with Gasteiger partial charge in [0.15, 0.2) is 5.69 Å². The van der Waals surface area contributed by atoms with Gasteiger partial charge in [-0.1, -0.05) is 23.4 Å². The quantitative estimate of drug-likeness (QED) is 0.427. The summed E-state index contributed by atoms with van der Waals surface area (Å²) in [5.74, 6) is -0.318. The van der Waals surface area contributed by atoms with Crippen molar-refractivity contribution in [1.29, 1.82) is 0 Å². The average molecular weight is 491 g/mol. The van der Waals surface area contributed by atoms with E-state index < -0.39 is 5.91 Å². The van der Waals surface area contributed by atoms with E-state index in [9.17, 15) is 9.59 Å². The third kappa shape index (κ3) is 4.73. The van der Waals surface area contributed by atoms with Crippen molar-refractivity contribution in [2.24, 2.45) is 0 Å². The first-order valence-electron chi connectivity index (χ1n) is 9.74. The van der Waals surface area contributed by atoms with Crippen LogP contribution in [0.15, 0.2) is 71.3 Å². The minimum atomic E-state index is -0.409. The second-order valence-corrected chi connectivity index (χ2v) is 8.04. The maximum absolute atomic E-state index is 12.8. The summed E-state index contributed by atoms with van der Waals surface area (Å²) in [6, 6.07) is 17.9. The smallest absolute Gasteiger partial charge is 0.278 e. The van der Waals surface area contributed by atoms with E-state index in [1.165, 1.54) is 0 Å². The molecule has 0 radical (unpaired) electrons. The number of halogens is 1. The molecule has 2 heterocycles. The highest BCUT2D eigenvalue weighted by atomic mass is 79.9. The van der Waals surface area contributed by atoms with E-state index >= 15 is 0 Å². The number of nitrogens with zero attached hydrogens (tertiary/aromatic N) is 4. The molecule has 0 atom stereocenters. The van der Waals surface area contributed by atoms with E-state index in [4.69, 9.17) is 0 Å². The van der Waals surface area contributed by atoms with Crippen molar-refractivity contribution >= 4 is 39.2 Å². The fourth-order valence-corrected chi connectivity index (χ4v) is 3.35. The first kappa shape index (κ1) is 21.4. The molecule has 0 bridgehead atoms. The summed E-state index contributed by atoms with van der Waals surface area (Å²) in [5.41, 5.74) is 3.58. The van der Waals surface area contributed by atoms with Gasteiger partial charge in [0.2, 0.25) is 0 Å². The first-order chi connectivity index (χ1) is 15.4. The first-order valence-corrected chi connectivity index (χ1v) is 10.5. The van der Waals surface area contributed by atoms with Gasteiger partial charge in [0.1, 0.15) is 5.82 Å². The summed E-state index contributed by atoms with van der Waals surface area (Å²) >= 11 is 3.30. The van der Waals surface area contributed by atoms with Gasteiger partial charge < -0.3 is 10.6 Å². The summed E-state index contributed by atoms with van der Waals surface area (Å²) < 4.78 is 2.44. The number of hydrogen-bond donors (Lipinski definition) is 2. The molecule has 0 saturated heterocycles. The van der Waals surface area contributed by atoms with E-state index in [0.717, 1.165) is 15.7 Å². The Balaban J connectivity index is 1.49. The van der Waals surface area contributed by atoms with E-state index in [1.807, 2.05) is 31.2 Å². The van der Waals surface area contributed by atoms with Crippen LogP contribution in [0.4, 0.5) is 11.5 Å². The molecular weight excluding hydrogens is 472 g/mol. The number of aryl methyl sites for hydroxylation is 1. The number of carbonyl (C=O) groups excluding carboxylic acids is 2. The third-order valence-corrected chi connectivity index (χ3v) is 5.18. The van der Waals surface area contributed by atoms with Crippen LogP contribution in [-0.4, -0.2) is 31.8 Å². The van der Waals surface area contributed by atoms with Crippen LogP contribution in [0.1, 0.15) is 32.1 Å². The molecule has 160 valence electrons. The van der Waals surface area contributed by atoms with Gasteiger partial charge in [-0.2, -0.15) is 0 Å². The molecule has 0 spiro atoms. The molecule has 2 aromatic heterocycles. The van der Waals surface area contributed by atoms with Crippen LogP contribution < -0.4 is 10.6 Å². The molecule has 32 heavy (non-hydrogen) atoms. The SMILES string of the molecule is Cc1cccc(-n2nnc(C(=O)Nc3cccc(C(=O)Nc4ccc(Br)cn4)c3)c2C)c1. The molecule has 0 aliphatic heterocycles. The molecule has 0 aliphatic carbocycles. The Morgan fingerprint density at radius 2 is 1.75 bits per heavy atom. The largest absolute Gasteiger partial charge is 0.321 e. The van der Waals surface area contributed by atoms with Crippen LogP contribution >= 0.6 is 15.9 Å². The lowest BCUT2D eigenvalue weighted by molar-refractivity contribution is 0.101.